The van der Waals surface area contributed by atoms with Crippen molar-refractivity contribution in [1.29, 1.82) is 0 Å². The number of fused-ring (bicyclic) bond motifs is 2. The van der Waals surface area contributed by atoms with Gasteiger partial charge in [0, 0.05) is 24.4 Å². The van der Waals surface area contributed by atoms with E-state index < -0.39 is 0 Å². The fraction of sp³-hybridized carbons (Fsp3) is 0.600. The predicted molar refractivity (Wildman–Crippen MR) is 91.3 cm³/mol. The Labute approximate surface area is 138 Å². The van der Waals surface area contributed by atoms with Gasteiger partial charge < -0.3 is 5.32 Å². The molecule has 3 rings (SSSR count). The van der Waals surface area contributed by atoms with E-state index in [9.17, 15) is 9.59 Å². The van der Waals surface area contributed by atoms with Crippen LogP contribution in [0.25, 0.3) is 0 Å². The molecule has 0 radical (unpaired) electrons. The zero-order valence-electron chi connectivity index (χ0n) is 14.2. The molecule has 0 unspecified atom stereocenters. The number of hydrogen-bond donors (Lipinski definition) is 1. The SMILES string of the molecule is Cc1ccc(C(=O)CCC(=O)N[C@@H](C)[C@H]2C[C@H]3CC[C@H]2C3)cc1. The Hall–Kier alpha value is -1.64. The highest BCUT2D eigenvalue weighted by Gasteiger charge is 2.42. The summed E-state index contributed by atoms with van der Waals surface area (Å²) in [5.74, 6) is 2.41. The molecule has 0 heterocycles. The van der Waals surface area contributed by atoms with Crippen molar-refractivity contribution in [3.8, 4) is 0 Å². The van der Waals surface area contributed by atoms with Gasteiger partial charge in [-0.2, -0.15) is 0 Å². The number of rotatable bonds is 6. The summed E-state index contributed by atoms with van der Waals surface area (Å²) in [5.41, 5.74) is 1.84. The summed E-state index contributed by atoms with van der Waals surface area (Å²) in [6, 6.07) is 7.79. The highest BCUT2D eigenvalue weighted by molar-refractivity contribution is 5.97. The van der Waals surface area contributed by atoms with Crippen molar-refractivity contribution in [3.63, 3.8) is 0 Å². The van der Waals surface area contributed by atoms with Crippen molar-refractivity contribution in [2.75, 3.05) is 0 Å². The van der Waals surface area contributed by atoms with Crippen molar-refractivity contribution >= 4 is 11.7 Å². The average molecular weight is 313 g/mol. The fourth-order valence-corrected chi connectivity index (χ4v) is 4.45. The van der Waals surface area contributed by atoms with Crippen LogP contribution in [-0.2, 0) is 4.79 Å². The molecule has 0 aromatic heterocycles. The molecule has 2 aliphatic rings. The minimum Gasteiger partial charge on any atom is -0.353 e. The van der Waals surface area contributed by atoms with Gasteiger partial charge in [0.2, 0.25) is 5.91 Å². The monoisotopic (exact) mass is 313 g/mol. The Morgan fingerprint density at radius 1 is 1.13 bits per heavy atom. The molecule has 2 saturated carbocycles. The van der Waals surface area contributed by atoms with E-state index in [1.54, 1.807) is 0 Å². The van der Waals surface area contributed by atoms with Crippen LogP contribution >= 0.6 is 0 Å². The molecule has 124 valence electrons. The molecule has 0 aliphatic heterocycles. The highest BCUT2D eigenvalue weighted by Crippen LogP contribution is 2.49. The molecule has 1 amide bonds. The normalized spacial score (nSPS) is 27.0. The summed E-state index contributed by atoms with van der Waals surface area (Å²) in [6.45, 7) is 4.13. The first kappa shape index (κ1) is 16.2. The Morgan fingerprint density at radius 3 is 2.48 bits per heavy atom. The summed E-state index contributed by atoms with van der Waals surface area (Å²) in [6.07, 6.45) is 5.93. The third-order valence-electron chi connectivity index (χ3n) is 5.78. The number of carbonyl (C=O) groups is 2. The summed E-state index contributed by atoms with van der Waals surface area (Å²) in [4.78, 5) is 24.3. The van der Waals surface area contributed by atoms with Gasteiger partial charge in [0.25, 0.3) is 0 Å². The molecule has 4 atom stereocenters. The van der Waals surface area contributed by atoms with E-state index in [0.717, 1.165) is 17.4 Å². The van der Waals surface area contributed by atoms with Crippen molar-refractivity contribution < 1.29 is 9.59 Å². The van der Waals surface area contributed by atoms with Gasteiger partial charge in [-0.3, -0.25) is 9.59 Å². The van der Waals surface area contributed by atoms with Crippen molar-refractivity contribution in [3.05, 3.63) is 35.4 Å². The number of amides is 1. The number of nitrogens with one attached hydrogen (secondary N) is 1. The van der Waals surface area contributed by atoms with E-state index >= 15 is 0 Å². The zero-order valence-corrected chi connectivity index (χ0v) is 14.2. The first-order chi connectivity index (χ1) is 11.0. The van der Waals surface area contributed by atoms with Gasteiger partial charge in [0.05, 0.1) is 0 Å². The van der Waals surface area contributed by atoms with Gasteiger partial charge in [0.1, 0.15) is 0 Å². The van der Waals surface area contributed by atoms with Crippen LogP contribution in [0, 0.1) is 24.7 Å². The van der Waals surface area contributed by atoms with E-state index in [1.165, 1.54) is 25.7 Å². The summed E-state index contributed by atoms with van der Waals surface area (Å²) >= 11 is 0. The Balaban J connectivity index is 1.44. The number of benzene rings is 1. The molecular weight excluding hydrogens is 286 g/mol. The van der Waals surface area contributed by atoms with E-state index in [1.807, 2.05) is 31.2 Å². The van der Waals surface area contributed by atoms with E-state index in [4.69, 9.17) is 0 Å². The second-order valence-corrected chi connectivity index (χ2v) is 7.48. The van der Waals surface area contributed by atoms with Gasteiger partial charge in [-0.25, -0.2) is 0 Å². The Morgan fingerprint density at radius 2 is 1.87 bits per heavy atom. The minimum atomic E-state index is 0.0146. The molecule has 1 aromatic carbocycles. The van der Waals surface area contributed by atoms with Gasteiger partial charge in [0.15, 0.2) is 5.78 Å². The van der Waals surface area contributed by atoms with Gasteiger partial charge in [-0.1, -0.05) is 36.2 Å². The fourth-order valence-electron chi connectivity index (χ4n) is 4.45. The number of aryl methyl sites for hydroxylation is 1. The van der Waals surface area contributed by atoms with Crippen LogP contribution in [0.15, 0.2) is 24.3 Å². The lowest BCUT2D eigenvalue weighted by molar-refractivity contribution is -0.122. The molecular formula is C20H27NO2. The Bertz CT molecular complexity index is 578. The van der Waals surface area contributed by atoms with Crippen LogP contribution in [0.4, 0.5) is 0 Å². The standard InChI is InChI=1S/C20H27NO2/c1-13-3-6-16(7-4-13)19(22)9-10-20(23)21-14(2)18-12-15-5-8-17(18)11-15/h3-4,6-7,14-15,17-18H,5,8-12H2,1-2H3,(H,21,23)/t14-,15-,17-,18+/m0/s1. The van der Waals surface area contributed by atoms with Crippen LogP contribution in [0.2, 0.25) is 0 Å². The second-order valence-electron chi connectivity index (χ2n) is 7.48. The lowest BCUT2D eigenvalue weighted by atomic mass is 9.84. The molecule has 2 aliphatic carbocycles. The molecule has 2 fully saturated rings. The van der Waals surface area contributed by atoms with E-state index in [0.29, 0.717) is 17.9 Å². The topological polar surface area (TPSA) is 46.2 Å². The van der Waals surface area contributed by atoms with Crippen LogP contribution in [0.1, 0.15) is 61.4 Å². The number of ketones is 1. The van der Waals surface area contributed by atoms with Crippen LogP contribution in [0.3, 0.4) is 0 Å². The molecule has 0 saturated heterocycles. The first-order valence-electron chi connectivity index (χ1n) is 8.92. The number of hydrogen-bond acceptors (Lipinski definition) is 2. The van der Waals surface area contributed by atoms with E-state index in [-0.39, 0.29) is 24.2 Å². The van der Waals surface area contributed by atoms with Crippen LogP contribution < -0.4 is 5.32 Å². The van der Waals surface area contributed by atoms with Crippen molar-refractivity contribution in [2.24, 2.45) is 17.8 Å². The molecule has 1 N–H and O–H groups in total. The molecule has 3 nitrogen and oxygen atoms in total. The summed E-state index contributed by atoms with van der Waals surface area (Å²) in [7, 11) is 0. The van der Waals surface area contributed by atoms with Crippen LogP contribution in [0.5, 0.6) is 0 Å². The molecule has 3 heteroatoms. The lowest BCUT2D eigenvalue weighted by Gasteiger charge is -2.28. The lowest BCUT2D eigenvalue weighted by Crippen LogP contribution is -2.40. The third-order valence-corrected chi connectivity index (χ3v) is 5.78. The minimum absolute atomic E-state index is 0.0146. The maximum Gasteiger partial charge on any atom is 0.220 e. The van der Waals surface area contributed by atoms with Gasteiger partial charge in [-0.05, 0) is 50.9 Å². The molecule has 2 bridgehead atoms. The van der Waals surface area contributed by atoms with Gasteiger partial charge >= 0.3 is 0 Å². The highest BCUT2D eigenvalue weighted by atomic mass is 16.2. The number of carbonyl (C=O) groups excluding carboxylic acids is 2. The first-order valence-corrected chi connectivity index (χ1v) is 8.92. The van der Waals surface area contributed by atoms with Crippen LogP contribution in [-0.4, -0.2) is 17.7 Å². The predicted octanol–water partition coefficient (Wildman–Crippen LogP) is 3.90. The van der Waals surface area contributed by atoms with Crippen molar-refractivity contribution in [1.82, 2.24) is 5.32 Å². The average Bonchev–Trinajstić information content (AvgIpc) is 3.16. The Kier molecular flexibility index (Phi) is 4.84. The van der Waals surface area contributed by atoms with Crippen molar-refractivity contribution in [2.45, 2.75) is 58.4 Å². The summed E-state index contributed by atoms with van der Waals surface area (Å²) in [5, 5.41) is 3.13. The van der Waals surface area contributed by atoms with Gasteiger partial charge in [-0.15, -0.1) is 0 Å². The molecule has 23 heavy (non-hydrogen) atoms. The smallest absolute Gasteiger partial charge is 0.220 e. The maximum absolute atomic E-state index is 12.1. The largest absolute Gasteiger partial charge is 0.353 e. The molecule has 0 spiro atoms. The maximum atomic E-state index is 12.1. The summed E-state index contributed by atoms with van der Waals surface area (Å²) < 4.78 is 0. The molecule has 1 aromatic rings. The zero-order chi connectivity index (χ0) is 16.4. The third kappa shape index (κ3) is 3.82. The second kappa shape index (κ2) is 6.86. The van der Waals surface area contributed by atoms with E-state index in [2.05, 4.69) is 12.2 Å². The number of Topliss-reactive ketones (excluding diaryl/α,β-unsaturated/α-hetero) is 1. The quantitative estimate of drug-likeness (QED) is 0.810.